The quantitative estimate of drug-likeness (QED) is 0.375. The monoisotopic (exact) mass is 204 g/mol. The maximum absolute atomic E-state index is 10.8. The molecule has 6 nitrogen and oxygen atoms in total. The fourth-order valence-electron chi connectivity index (χ4n) is 0.674. The van der Waals surface area contributed by atoms with Gasteiger partial charge in [-0.15, -0.1) is 0 Å². The van der Waals surface area contributed by atoms with E-state index in [1.54, 1.807) is 0 Å². The topological polar surface area (TPSA) is 104 Å². The normalized spacial score (nSPS) is 12.7. The molecule has 0 aliphatic rings. The third-order valence-electron chi connectivity index (χ3n) is 1.30. The van der Waals surface area contributed by atoms with Crippen molar-refractivity contribution >= 4 is 11.9 Å². The Hall–Kier alpha value is -1.40. The Morgan fingerprint density at radius 1 is 1.29 bits per heavy atom. The number of hydrogen-bond acceptors (Lipinski definition) is 5. The van der Waals surface area contributed by atoms with Crippen molar-refractivity contribution in [2.24, 2.45) is 0 Å². The van der Waals surface area contributed by atoms with Crippen LogP contribution in [0.15, 0.2) is 12.2 Å². The Bertz CT molecular complexity index is 222. The molecule has 0 aliphatic heterocycles. The van der Waals surface area contributed by atoms with Gasteiger partial charge in [-0.25, -0.2) is 9.59 Å². The molecule has 0 spiro atoms. The Morgan fingerprint density at radius 3 is 2.36 bits per heavy atom. The molecule has 0 aromatic heterocycles. The minimum absolute atomic E-state index is 0.114. The number of aliphatic carboxylic acids is 1. The maximum Gasteiger partial charge on any atom is 0.331 e. The summed E-state index contributed by atoms with van der Waals surface area (Å²) in [6.45, 7) is -0.631. The highest BCUT2D eigenvalue weighted by molar-refractivity contribution is 5.90. The molecule has 1 unspecified atom stereocenters. The van der Waals surface area contributed by atoms with Gasteiger partial charge in [0.2, 0.25) is 0 Å². The van der Waals surface area contributed by atoms with Gasteiger partial charge >= 0.3 is 11.9 Å². The first-order valence-electron chi connectivity index (χ1n) is 3.93. The van der Waals surface area contributed by atoms with Gasteiger partial charge < -0.3 is 20.1 Å². The van der Waals surface area contributed by atoms with E-state index in [1.807, 2.05) is 0 Å². The van der Waals surface area contributed by atoms with E-state index in [9.17, 15) is 9.59 Å². The fraction of sp³-hybridized carbons (Fsp3) is 0.500. The molecule has 6 heteroatoms. The molecular formula is C8H12O6. The molecule has 1 atom stereocenters. The minimum atomic E-state index is -1.26. The first kappa shape index (κ1) is 12.6. The number of aliphatic hydroxyl groups excluding tert-OH is 2. The highest BCUT2D eigenvalue weighted by Crippen LogP contribution is 1.97. The Morgan fingerprint density at radius 2 is 1.93 bits per heavy atom. The highest BCUT2D eigenvalue weighted by Gasteiger charge is 2.10. The van der Waals surface area contributed by atoms with Gasteiger partial charge in [0.1, 0.15) is 6.10 Å². The Labute approximate surface area is 80.4 Å². The number of esters is 1. The van der Waals surface area contributed by atoms with Gasteiger partial charge in [0.25, 0.3) is 0 Å². The van der Waals surface area contributed by atoms with Crippen LogP contribution in [-0.2, 0) is 14.3 Å². The zero-order valence-electron chi connectivity index (χ0n) is 7.42. The Kier molecular flexibility index (Phi) is 6.34. The van der Waals surface area contributed by atoms with E-state index in [-0.39, 0.29) is 13.0 Å². The number of carboxylic acid groups (broad SMARTS) is 1. The van der Waals surface area contributed by atoms with Crippen LogP contribution < -0.4 is 0 Å². The fourth-order valence-corrected chi connectivity index (χ4v) is 0.674. The molecule has 0 saturated heterocycles. The molecule has 0 fully saturated rings. The van der Waals surface area contributed by atoms with Crippen LogP contribution in [0.25, 0.3) is 0 Å². The van der Waals surface area contributed by atoms with Gasteiger partial charge in [-0.3, -0.25) is 0 Å². The van der Waals surface area contributed by atoms with E-state index in [2.05, 4.69) is 4.74 Å². The summed E-state index contributed by atoms with van der Waals surface area (Å²) in [6, 6.07) is 0. The Balaban J connectivity index is 3.96. The zero-order valence-corrected chi connectivity index (χ0v) is 7.42. The number of carbonyl (C=O) groups excluding carboxylic acids is 1. The molecular weight excluding hydrogens is 192 g/mol. The summed E-state index contributed by atoms with van der Waals surface area (Å²) in [5.41, 5.74) is 0. The smallest absolute Gasteiger partial charge is 0.331 e. The molecule has 0 amide bonds. The van der Waals surface area contributed by atoms with Crippen LogP contribution in [0.1, 0.15) is 6.42 Å². The van der Waals surface area contributed by atoms with Crippen LogP contribution in [0.3, 0.4) is 0 Å². The van der Waals surface area contributed by atoms with Crippen LogP contribution in [0, 0.1) is 0 Å². The predicted octanol–water partition coefficient (Wildman–Crippen LogP) is -1.09. The van der Waals surface area contributed by atoms with Crippen molar-refractivity contribution in [2.45, 2.75) is 12.5 Å². The third kappa shape index (κ3) is 6.15. The van der Waals surface area contributed by atoms with Gasteiger partial charge in [0, 0.05) is 25.2 Å². The molecule has 0 bridgehead atoms. The van der Waals surface area contributed by atoms with E-state index >= 15 is 0 Å². The lowest BCUT2D eigenvalue weighted by Gasteiger charge is -2.12. The lowest BCUT2D eigenvalue weighted by atomic mass is 10.3. The number of aliphatic hydroxyl groups is 2. The molecule has 0 saturated carbocycles. The van der Waals surface area contributed by atoms with Gasteiger partial charge in [-0.2, -0.15) is 0 Å². The summed E-state index contributed by atoms with van der Waals surface area (Å²) in [4.78, 5) is 20.8. The van der Waals surface area contributed by atoms with Crippen molar-refractivity contribution in [3.63, 3.8) is 0 Å². The largest absolute Gasteiger partial charge is 0.478 e. The van der Waals surface area contributed by atoms with E-state index in [4.69, 9.17) is 15.3 Å². The lowest BCUT2D eigenvalue weighted by Crippen LogP contribution is -2.22. The number of carboxylic acids is 1. The standard InChI is InChI=1S/C8H12O6/c9-4-3-6(5-10)14-8(13)2-1-7(11)12/h1-2,6,9-10H,3-5H2,(H,11,12). The van der Waals surface area contributed by atoms with Crippen molar-refractivity contribution in [3.8, 4) is 0 Å². The van der Waals surface area contributed by atoms with Crippen molar-refractivity contribution in [2.75, 3.05) is 13.2 Å². The van der Waals surface area contributed by atoms with Crippen LogP contribution >= 0.6 is 0 Å². The van der Waals surface area contributed by atoms with Crippen molar-refractivity contribution in [1.29, 1.82) is 0 Å². The van der Waals surface area contributed by atoms with E-state index in [1.165, 1.54) is 0 Å². The summed E-state index contributed by atoms with van der Waals surface area (Å²) in [6.07, 6.45) is 0.687. The number of hydrogen-bond donors (Lipinski definition) is 3. The van der Waals surface area contributed by atoms with Crippen molar-refractivity contribution in [1.82, 2.24) is 0 Å². The molecule has 0 rings (SSSR count). The van der Waals surface area contributed by atoms with Crippen LogP contribution in [0.4, 0.5) is 0 Å². The van der Waals surface area contributed by atoms with Gasteiger partial charge in [-0.05, 0) is 0 Å². The molecule has 3 N–H and O–H groups in total. The summed E-state index contributed by atoms with van der Waals surface area (Å²) < 4.78 is 4.59. The van der Waals surface area contributed by atoms with Gasteiger partial charge in [0.05, 0.1) is 6.61 Å². The second-order valence-electron chi connectivity index (χ2n) is 2.43. The summed E-state index contributed by atoms with van der Waals surface area (Å²) >= 11 is 0. The lowest BCUT2D eigenvalue weighted by molar-refractivity contribution is -0.146. The van der Waals surface area contributed by atoms with Crippen LogP contribution in [-0.4, -0.2) is 46.6 Å². The summed E-state index contributed by atoms with van der Waals surface area (Å²) in [5, 5.41) is 25.3. The maximum atomic E-state index is 10.8. The van der Waals surface area contributed by atoms with Crippen LogP contribution in [0.5, 0.6) is 0 Å². The first-order chi connectivity index (χ1) is 6.60. The number of ether oxygens (including phenoxy) is 1. The average molecular weight is 204 g/mol. The zero-order chi connectivity index (χ0) is 11.0. The highest BCUT2D eigenvalue weighted by atomic mass is 16.6. The predicted molar refractivity (Wildman–Crippen MR) is 45.4 cm³/mol. The summed E-state index contributed by atoms with van der Waals surface area (Å²) in [7, 11) is 0. The second-order valence-corrected chi connectivity index (χ2v) is 2.43. The van der Waals surface area contributed by atoms with Crippen LogP contribution in [0.2, 0.25) is 0 Å². The number of carbonyl (C=O) groups is 2. The first-order valence-corrected chi connectivity index (χ1v) is 3.93. The van der Waals surface area contributed by atoms with Gasteiger partial charge in [-0.1, -0.05) is 0 Å². The molecule has 14 heavy (non-hydrogen) atoms. The molecule has 0 aromatic carbocycles. The SMILES string of the molecule is O=C(O)C=CC(=O)OC(CO)CCO. The molecule has 0 aromatic rings. The third-order valence-corrected chi connectivity index (χ3v) is 1.30. The van der Waals surface area contributed by atoms with E-state index in [0.29, 0.717) is 6.08 Å². The minimum Gasteiger partial charge on any atom is -0.478 e. The molecule has 0 aliphatic carbocycles. The second kappa shape index (κ2) is 7.05. The molecule has 0 heterocycles. The van der Waals surface area contributed by atoms with Crippen molar-refractivity contribution in [3.05, 3.63) is 12.2 Å². The van der Waals surface area contributed by atoms with Crippen molar-refractivity contribution < 1.29 is 29.6 Å². The summed E-state index contributed by atoms with van der Waals surface area (Å²) in [5.74, 6) is -2.12. The average Bonchev–Trinajstić information content (AvgIpc) is 2.14. The van der Waals surface area contributed by atoms with E-state index in [0.717, 1.165) is 6.08 Å². The molecule has 0 radical (unpaired) electrons. The molecule has 80 valence electrons. The van der Waals surface area contributed by atoms with E-state index < -0.39 is 24.6 Å². The van der Waals surface area contributed by atoms with Gasteiger partial charge in [0.15, 0.2) is 0 Å². The number of rotatable bonds is 6.